The second-order valence-electron chi connectivity index (χ2n) is 12.5. The summed E-state index contributed by atoms with van der Waals surface area (Å²) in [7, 11) is 0. The molecule has 3 heteroatoms. The minimum Gasteiger partial charge on any atom is -0.453 e. The summed E-state index contributed by atoms with van der Waals surface area (Å²) in [5, 5.41) is 9.92. The van der Waals surface area contributed by atoms with Crippen LogP contribution in [0.15, 0.2) is 182 Å². The van der Waals surface area contributed by atoms with Crippen LogP contribution in [0.2, 0.25) is 0 Å². The average Bonchev–Trinajstić information content (AvgIpc) is 3.17. The summed E-state index contributed by atoms with van der Waals surface area (Å²) in [6.45, 7) is 0. The van der Waals surface area contributed by atoms with Gasteiger partial charge in [0.1, 0.15) is 0 Å². The number of nitrogens with zero attached hydrogens (tertiary/aromatic N) is 2. The topological polar surface area (TPSA) is 15.7 Å². The molecule has 0 aromatic heterocycles. The number of hydrogen-bond donors (Lipinski definition) is 0. The van der Waals surface area contributed by atoms with Crippen LogP contribution in [-0.4, -0.2) is 0 Å². The van der Waals surface area contributed by atoms with E-state index in [0.29, 0.717) is 0 Å². The fraction of sp³-hybridized carbons (Fsp3) is 0. The van der Waals surface area contributed by atoms with Crippen molar-refractivity contribution in [2.24, 2.45) is 0 Å². The van der Waals surface area contributed by atoms with Crippen molar-refractivity contribution in [3.05, 3.63) is 182 Å². The zero-order valence-electron chi connectivity index (χ0n) is 26.6. The second-order valence-corrected chi connectivity index (χ2v) is 12.5. The number of para-hydroxylation sites is 3. The van der Waals surface area contributed by atoms with Crippen LogP contribution in [0.25, 0.3) is 43.1 Å². The standard InChI is InChI=1S/C46H30N2O/c1-2-15-32(16-3-1)48-43-22-10-11-24-45(43)49-46-30-34(26-28-44(46)48)47(42-23-12-14-31-13-4-5-17-35(31)42)33-25-27-40-38-20-7-6-18-36(38)37-19-8-9-21-39(37)41(40)29-33/h1-30H. The van der Waals surface area contributed by atoms with Crippen molar-refractivity contribution in [3.8, 4) is 11.5 Å². The van der Waals surface area contributed by atoms with Crippen molar-refractivity contribution >= 4 is 77.2 Å². The fourth-order valence-corrected chi connectivity index (χ4v) is 7.61. The summed E-state index contributed by atoms with van der Waals surface area (Å²) in [6.07, 6.45) is 0. The van der Waals surface area contributed by atoms with Gasteiger partial charge in [-0.2, -0.15) is 0 Å². The molecule has 9 aromatic rings. The summed E-state index contributed by atoms with van der Waals surface area (Å²) in [5.41, 5.74) is 6.33. The highest BCUT2D eigenvalue weighted by molar-refractivity contribution is 6.26. The van der Waals surface area contributed by atoms with Gasteiger partial charge in [-0.1, -0.05) is 121 Å². The van der Waals surface area contributed by atoms with E-state index in [1.54, 1.807) is 0 Å². The average molecular weight is 627 g/mol. The van der Waals surface area contributed by atoms with Crippen LogP contribution in [0.5, 0.6) is 11.5 Å². The normalized spacial score (nSPS) is 12.2. The number of benzene rings is 9. The van der Waals surface area contributed by atoms with Crippen molar-refractivity contribution in [3.63, 3.8) is 0 Å². The third kappa shape index (κ3) is 4.37. The lowest BCUT2D eigenvalue weighted by Crippen LogP contribution is -2.17. The number of ether oxygens (including phenoxy) is 1. The summed E-state index contributed by atoms with van der Waals surface area (Å²) in [4.78, 5) is 4.66. The molecular formula is C46H30N2O. The van der Waals surface area contributed by atoms with Gasteiger partial charge in [-0.3, -0.25) is 0 Å². The minimum absolute atomic E-state index is 0.808. The molecule has 0 radical (unpaired) electrons. The first-order chi connectivity index (χ1) is 24.3. The van der Waals surface area contributed by atoms with Crippen LogP contribution >= 0.6 is 0 Å². The predicted molar refractivity (Wildman–Crippen MR) is 206 cm³/mol. The molecule has 0 atom stereocenters. The van der Waals surface area contributed by atoms with Crippen LogP contribution in [-0.2, 0) is 0 Å². The van der Waals surface area contributed by atoms with Gasteiger partial charge in [0.05, 0.1) is 22.7 Å². The van der Waals surface area contributed by atoms with Crippen molar-refractivity contribution < 1.29 is 4.74 Å². The highest BCUT2D eigenvalue weighted by Gasteiger charge is 2.27. The molecule has 1 aliphatic rings. The van der Waals surface area contributed by atoms with Crippen LogP contribution in [0, 0.1) is 0 Å². The predicted octanol–water partition coefficient (Wildman–Crippen LogP) is 13.3. The molecule has 3 nitrogen and oxygen atoms in total. The molecule has 10 rings (SSSR count). The Morgan fingerprint density at radius 1 is 0.367 bits per heavy atom. The Morgan fingerprint density at radius 2 is 0.918 bits per heavy atom. The van der Waals surface area contributed by atoms with Gasteiger partial charge in [0.15, 0.2) is 11.5 Å². The molecular weight excluding hydrogens is 597 g/mol. The molecule has 0 bridgehead atoms. The van der Waals surface area contributed by atoms with Crippen LogP contribution in [0.3, 0.4) is 0 Å². The Labute approximate surface area is 284 Å². The molecule has 0 spiro atoms. The van der Waals surface area contributed by atoms with Gasteiger partial charge in [0.2, 0.25) is 0 Å². The van der Waals surface area contributed by atoms with E-state index in [1.807, 2.05) is 12.1 Å². The van der Waals surface area contributed by atoms with Crippen molar-refractivity contribution in [1.82, 2.24) is 0 Å². The zero-order valence-corrected chi connectivity index (χ0v) is 26.6. The first kappa shape index (κ1) is 27.5. The number of fused-ring (bicyclic) bond motifs is 9. The Balaban J connectivity index is 1.22. The van der Waals surface area contributed by atoms with Gasteiger partial charge in [0, 0.05) is 22.8 Å². The highest BCUT2D eigenvalue weighted by Crippen LogP contribution is 2.52. The lowest BCUT2D eigenvalue weighted by Gasteiger charge is -2.34. The van der Waals surface area contributed by atoms with Gasteiger partial charge in [-0.25, -0.2) is 0 Å². The van der Waals surface area contributed by atoms with E-state index in [-0.39, 0.29) is 0 Å². The number of rotatable bonds is 4. The van der Waals surface area contributed by atoms with Crippen molar-refractivity contribution in [1.29, 1.82) is 0 Å². The summed E-state index contributed by atoms with van der Waals surface area (Å²) in [5.74, 6) is 1.64. The Bertz CT molecular complexity index is 2680. The fourth-order valence-electron chi connectivity index (χ4n) is 7.61. The van der Waals surface area contributed by atoms with Crippen molar-refractivity contribution in [2.45, 2.75) is 0 Å². The van der Waals surface area contributed by atoms with E-state index in [9.17, 15) is 0 Å². The summed E-state index contributed by atoms with van der Waals surface area (Å²) < 4.78 is 6.69. The Hall–Kier alpha value is -6.58. The van der Waals surface area contributed by atoms with E-state index < -0.39 is 0 Å². The molecule has 0 unspecified atom stereocenters. The quantitative estimate of drug-likeness (QED) is 0.181. The largest absolute Gasteiger partial charge is 0.453 e. The third-order valence-electron chi connectivity index (χ3n) is 9.78. The monoisotopic (exact) mass is 626 g/mol. The van der Waals surface area contributed by atoms with E-state index in [2.05, 4.69) is 180 Å². The first-order valence-electron chi connectivity index (χ1n) is 16.7. The van der Waals surface area contributed by atoms with E-state index in [0.717, 1.165) is 45.6 Å². The van der Waals surface area contributed by atoms with E-state index >= 15 is 0 Å². The molecule has 1 heterocycles. The smallest absolute Gasteiger partial charge is 0.153 e. The van der Waals surface area contributed by atoms with Gasteiger partial charge >= 0.3 is 0 Å². The second kappa shape index (κ2) is 11.0. The molecule has 9 aromatic carbocycles. The SMILES string of the molecule is c1ccc(N2c3ccccc3Oc3cc(N(c4ccc5c6ccccc6c6ccccc6c5c4)c4cccc5ccccc45)ccc32)cc1. The van der Waals surface area contributed by atoms with Crippen LogP contribution in [0.4, 0.5) is 34.1 Å². The molecule has 49 heavy (non-hydrogen) atoms. The van der Waals surface area contributed by atoms with E-state index in [1.165, 1.54) is 43.1 Å². The maximum atomic E-state index is 6.69. The first-order valence-corrected chi connectivity index (χ1v) is 16.7. The zero-order chi connectivity index (χ0) is 32.3. The molecule has 0 saturated heterocycles. The number of hydrogen-bond acceptors (Lipinski definition) is 3. The van der Waals surface area contributed by atoms with Gasteiger partial charge in [-0.05, 0) is 92.3 Å². The molecule has 0 aliphatic carbocycles. The lowest BCUT2D eigenvalue weighted by atomic mass is 9.94. The molecule has 230 valence electrons. The van der Waals surface area contributed by atoms with Gasteiger partial charge < -0.3 is 14.5 Å². The van der Waals surface area contributed by atoms with Crippen LogP contribution in [0.1, 0.15) is 0 Å². The minimum atomic E-state index is 0.808. The highest BCUT2D eigenvalue weighted by atomic mass is 16.5. The van der Waals surface area contributed by atoms with Crippen molar-refractivity contribution in [2.75, 3.05) is 9.80 Å². The summed E-state index contributed by atoms with van der Waals surface area (Å²) in [6, 6.07) is 64.9. The molecule has 0 N–H and O–H groups in total. The molecule has 0 saturated carbocycles. The van der Waals surface area contributed by atoms with E-state index in [4.69, 9.17) is 4.74 Å². The van der Waals surface area contributed by atoms with Crippen LogP contribution < -0.4 is 14.5 Å². The van der Waals surface area contributed by atoms with Gasteiger partial charge in [0.25, 0.3) is 0 Å². The lowest BCUT2D eigenvalue weighted by molar-refractivity contribution is 0.477. The molecule has 1 aliphatic heterocycles. The third-order valence-corrected chi connectivity index (χ3v) is 9.78. The molecule has 0 fully saturated rings. The summed E-state index contributed by atoms with van der Waals surface area (Å²) >= 11 is 0. The maximum Gasteiger partial charge on any atom is 0.153 e. The Kier molecular flexibility index (Phi) is 6.18. The van der Waals surface area contributed by atoms with Gasteiger partial charge in [-0.15, -0.1) is 0 Å². The number of anilines is 6. The maximum absolute atomic E-state index is 6.69. The molecule has 0 amide bonds. The Morgan fingerprint density at radius 3 is 1.69 bits per heavy atom.